The normalized spacial score (nSPS) is 20.0. The lowest BCUT2D eigenvalue weighted by molar-refractivity contribution is -0.117. The average Bonchev–Trinajstić information content (AvgIpc) is 2.60. The number of halogens is 1. The SMILES string of the molecule is Cc1ccc(N)c(N2CC(CS(=O)(=O)F)CC2=O)c1. The summed E-state index contributed by atoms with van der Waals surface area (Å²) in [6.45, 7) is 2.04. The van der Waals surface area contributed by atoms with Crippen LogP contribution >= 0.6 is 0 Å². The van der Waals surface area contributed by atoms with Crippen LogP contribution < -0.4 is 10.6 Å². The van der Waals surface area contributed by atoms with Crippen molar-refractivity contribution in [1.29, 1.82) is 0 Å². The molecular weight excluding hydrogens is 271 g/mol. The summed E-state index contributed by atoms with van der Waals surface area (Å²) in [4.78, 5) is 13.3. The zero-order valence-corrected chi connectivity index (χ0v) is 11.3. The number of amides is 1. The smallest absolute Gasteiger partial charge is 0.302 e. The molecule has 1 amide bonds. The molecule has 1 heterocycles. The van der Waals surface area contributed by atoms with Gasteiger partial charge in [-0.25, -0.2) is 0 Å². The van der Waals surface area contributed by atoms with E-state index < -0.39 is 21.9 Å². The molecule has 0 spiro atoms. The molecule has 2 N–H and O–H groups in total. The van der Waals surface area contributed by atoms with E-state index in [1.165, 1.54) is 4.90 Å². The van der Waals surface area contributed by atoms with Gasteiger partial charge in [0.25, 0.3) is 0 Å². The molecule has 1 fully saturated rings. The maximum Gasteiger partial charge on any atom is 0.302 e. The van der Waals surface area contributed by atoms with Gasteiger partial charge in [-0.15, -0.1) is 3.89 Å². The number of anilines is 2. The topological polar surface area (TPSA) is 80.5 Å². The highest BCUT2D eigenvalue weighted by atomic mass is 32.3. The third-order valence-electron chi connectivity index (χ3n) is 3.12. The lowest BCUT2D eigenvalue weighted by Crippen LogP contribution is -2.26. The molecule has 104 valence electrons. The molecule has 0 aromatic heterocycles. The van der Waals surface area contributed by atoms with Gasteiger partial charge in [0.1, 0.15) is 0 Å². The Labute approximate surface area is 111 Å². The molecule has 1 aromatic carbocycles. The van der Waals surface area contributed by atoms with Crippen molar-refractivity contribution in [2.24, 2.45) is 5.92 Å². The Balaban J connectivity index is 2.23. The van der Waals surface area contributed by atoms with E-state index in [0.717, 1.165) is 5.56 Å². The number of nitrogens with two attached hydrogens (primary N) is 1. The van der Waals surface area contributed by atoms with Crippen LogP contribution in [0.2, 0.25) is 0 Å². The first kappa shape index (κ1) is 13.8. The number of hydrogen-bond donors (Lipinski definition) is 1. The predicted molar refractivity (Wildman–Crippen MR) is 70.9 cm³/mol. The Hall–Kier alpha value is -1.63. The summed E-state index contributed by atoms with van der Waals surface area (Å²) < 4.78 is 33.9. The fraction of sp³-hybridized carbons (Fsp3) is 0.417. The van der Waals surface area contributed by atoms with Crippen molar-refractivity contribution in [3.63, 3.8) is 0 Å². The van der Waals surface area contributed by atoms with E-state index in [1.807, 2.05) is 13.0 Å². The molecule has 2 rings (SSSR count). The second-order valence-electron chi connectivity index (χ2n) is 4.84. The highest BCUT2D eigenvalue weighted by Gasteiger charge is 2.34. The maximum absolute atomic E-state index is 12.7. The Kier molecular flexibility index (Phi) is 3.49. The molecule has 0 radical (unpaired) electrons. The van der Waals surface area contributed by atoms with E-state index in [9.17, 15) is 17.1 Å². The van der Waals surface area contributed by atoms with E-state index >= 15 is 0 Å². The molecule has 1 aromatic rings. The summed E-state index contributed by atoms with van der Waals surface area (Å²) in [6.07, 6.45) is 0.0243. The number of carbonyl (C=O) groups is 1. The van der Waals surface area contributed by atoms with Gasteiger partial charge in [0.05, 0.1) is 17.1 Å². The highest BCUT2D eigenvalue weighted by molar-refractivity contribution is 7.86. The molecule has 0 bridgehead atoms. The Bertz CT molecular complexity index is 615. The summed E-state index contributed by atoms with van der Waals surface area (Å²) in [5.74, 6) is -1.38. The van der Waals surface area contributed by atoms with Crippen LogP contribution in [-0.4, -0.2) is 26.6 Å². The van der Waals surface area contributed by atoms with Crippen molar-refractivity contribution >= 4 is 27.5 Å². The molecule has 1 atom stereocenters. The minimum Gasteiger partial charge on any atom is -0.397 e. The van der Waals surface area contributed by atoms with Crippen molar-refractivity contribution < 1.29 is 17.1 Å². The zero-order chi connectivity index (χ0) is 14.2. The fourth-order valence-electron chi connectivity index (χ4n) is 2.30. The van der Waals surface area contributed by atoms with Crippen molar-refractivity contribution in [2.75, 3.05) is 22.9 Å². The molecule has 5 nitrogen and oxygen atoms in total. The van der Waals surface area contributed by atoms with Crippen molar-refractivity contribution in [2.45, 2.75) is 13.3 Å². The van der Waals surface area contributed by atoms with E-state index in [-0.39, 0.29) is 18.9 Å². The van der Waals surface area contributed by atoms with Gasteiger partial charge in [-0.05, 0) is 24.6 Å². The van der Waals surface area contributed by atoms with Gasteiger partial charge < -0.3 is 10.6 Å². The van der Waals surface area contributed by atoms with Gasteiger partial charge in [0.15, 0.2) is 0 Å². The van der Waals surface area contributed by atoms with Crippen LogP contribution in [0.1, 0.15) is 12.0 Å². The van der Waals surface area contributed by atoms with Crippen LogP contribution in [0.4, 0.5) is 15.3 Å². The number of carbonyl (C=O) groups excluding carboxylic acids is 1. The number of nitrogen functional groups attached to an aromatic ring is 1. The molecule has 7 heteroatoms. The lowest BCUT2D eigenvalue weighted by atomic mass is 10.1. The fourth-order valence-corrected chi connectivity index (χ4v) is 3.08. The summed E-state index contributed by atoms with van der Waals surface area (Å²) in [5.41, 5.74) is 7.77. The first-order valence-corrected chi connectivity index (χ1v) is 7.40. The standard InChI is InChI=1S/C12H15FN2O3S/c1-8-2-3-10(14)11(4-8)15-6-9(5-12(15)16)7-19(13,17)18/h2-4,9H,5-7,14H2,1H3. The van der Waals surface area contributed by atoms with Gasteiger partial charge in [-0.3, -0.25) is 4.79 Å². The van der Waals surface area contributed by atoms with Gasteiger partial charge in [-0.1, -0.05) is 6.07 Å². The largest absolute Gasteiger partial charge is 0.397 e. The van der Waals surface area contributed by atoms with Gasteiger partial charge >= 0.3 is 10.2 Å². The number of benzene rings is 1. The molecule has 1 aliphatic rings. The molecular formula is C12H15FN2O3S. The van der Waals surface area contributed by atoms with Crippen molar-refractivity contribution in [1.82, 2.24) is 0 Å². The lowest BCUT2D eigenvalue weighted by Gasteiger charge is -2.19. The molecule has 0 aliphatic carbocycles. The first-order valence-electron chi connectivity index (χ1n) is 5.85. The predicted octanol–water partition coefficient (Wildman–Crippen LogP) is 1.23. The molecule has 19 heavy (non-hydrogen) atoms. The Morgan fingerprint density at radius 2 is 2.16 bits per heavy atom. The molecule has 1 aliphatic heterocycles. The molecule has 1 unspecified atom stereocenters. The number of rotatable bonds is 3. The van der Waals surface area contributed by atoms with Crippen molar-refractivity contribution in [3.05, 3.63) is 23.8 Å². The van der Waals surface area contributed by atoms with E-state index in [1.54, 1.807) is 12.1 Å². The summed E-state index contributed by atoms with van der Waals surface area (Å²) in [6, 6.07) is 5.28. The minimum absolute atomic E-state index is 0.0243. The first-order chi connectivity index (χ1) is 8.76. The molecule has 1 saturated heterocycles. The summed E-state index contributed by atoms with van der Waals surface area (Å²) in [7, 11) is -4.57. The quantitative estimate of drug-likeness (QED) is 0.669. The monoisotopic (exact) mass is 286 g/mol. The van der Waals surface area contributed by atoms with E-state index in [2.05, 4.69) is 0 Å². The van der Waals surface area contributed by atoms with Gasteiger partial charge in [0.2, 0.25) is 5.91 Å². The van der Waals surface area contributed by atoms with Crippen LogP contribution in [0.15, 0.2) is 18.2 Å². The van der Waals surface area contributed by atoms with Crippen LogP contribution in [0.5, 0.6) is 0 Å². The number of hydrogen-bond acceptors (Lipinski definition) is 4. The van der Waals surface area contributed by atoms with Crippen LogP contribution in [0.3, 0.4) is 0 Å². The number of nitrogens with zero attached hydrogens (tertiary/aromatic N) is 1. The molecule has 0 saturated carbocycles. The van der Waals surface area contributed by atoms with Crippen LogP contribution in [0.25, 0.3) is 0 Å². The van der Waals surface area contributed by atoms with E-state index in [0.29, 0.717) is 11.4 Å². The average molecular weight is 286 g/mol. The van der Waals surface area contributed by atoms with Crippen LogP contribution in [0, 0.1) is 12.8 Å². The third kappa shape index (κ3) is 3.23. The minimum atomic E-state index is -4.57. The second kappa shape index (κ2) is 4.80. The highest BCUT2D eigenvalue weighted by Crippen LogP contribution is 2.31. The summed E-state index contributed by atoms with van der Waals surface area (Å²) in [5, 5.41) is 0. The number of aryl methyl sites for hydroxylation is 1. The maximum atomic E-state index is 12.7. The Morgan fingerprint density at radius 1 is 1.47 bits per heavy atom. The van der Waals surface area contributed by atoms with E-state index in [4.69, 9.17) is 5.73 Å². The van der Waals surface area contributed by atoms with Crippen LogP contribution in [-0.2, 0) is 15.0 Å². The Morgan fingerprint density at radius 3 is 2.79 bits per heavy atom. The summed E-state index contributed by atoms with van der Waals surface area (Å²) >= 11 is 0. The second-order valence-corrected chi connectivity index (χ2v) is 6.25. The zero-order valence-electron chi connectivity index (χ0n) is 10.5. The van der Waals surface area contributed by atoms with Gasteiger partial charge in [0, 0.05) is 18.9 Å². The van der Waals surface area contributed by atoms with Gasteiger partial charge in [-0.2, -0.15) is 8.42 Å². The van der Waals surface area contributed by atoms with Crippen molar-refractivity contribution in [3.8, 4) is 0 Å². The third-order valence-corrected chi connectivity index (χ3v) is 3.99.